The predicted molar refractivity (Wildman–Crippen MR) is 72.2 cm³/mol. The van der Waals surface area contributed by atoms with Gasteiger partial charge in [-0.25, -0.2) is 4.98 Å². The van der Waals surface area contributed by atoms with Gasteiger partial charge in [0.2, 0.25) is 5.78 Å². The minimum Gasteiger partial charge on any atom is -0.508 e. The van der Waals surface area contributed by atoms with Crippen molar-refractivity contribution in [1.82, 2.24) is 9.97 Å². The summed E-state index contributed by atoms with van der Waals surface area (Å²) in [4.78, 5) is 19.4. The minimum absolute atomic E-state index is 0.0956. The molecule has 0 saturated heterocycles. The van der Waals surface area contributed by atoms with Crippen LogP contribution in [-0.2, 0) is 6.42 Å². The van der Waals surface area contributed by atoms with Gasteiger partial charge in [0.1, 0.15) is 5.75 Å². The lowest BCUT2D eigenvalue weighted by atomic mass is 10.1. The van der Waals surface area contributed by atoms with Gasteiger partial charge in [0, 0.05) is 6.42 Å². The third-order valence-corrected chi connectivity index (χ3v) is 2.93. The Bertz CT molecular complexity index is 713. The van der Waals surface area contributed by atoms with E-state index in [-0.39, 0.29) is 18.0 Å². The summed E-state index contributed by atoms with van der Waals surface area (Å²) in [5.74, 6) is 0.418. The highest BCUT2D eigenvalue weighted by Crippen LogP contribution is 2.15. The number of H-pyrrole nitrogens is 1. The zero-order valence-corrected chi connectivity index (χ0v) is 10.1. The fraction of sp³-hybridized carbons (Fsp3) is 0.0667. The van der Waals surface area contributed by atoms with Crippen LogP contribution in [0.2, 0.25) is 0 Å². The van der Waals surface area contributed by atoms with Gasteiger partial charge in [-0.1, -0.05) is 24.3 Å². The molecule has 0 aliphatic heterocycles. The van der Waals surface area contributed by atoms with Crippen molar-refractivity contribution in [2.24, 2.45) is 0 Å². The molecule has 0 fully saturated rings. The number of carbonyl (C=O) groups is 1. The van der Waals surface area contributed by atoms with Gasteiger partial charge in [-0.05, 0) is 29.8 Å². The lowest BCUT2D eigenvalue weighted by molar-refractivity contribution is 0.0984. The van der Waals surface area contributed by atoms with Gasteiger partial charge in [0.25, 0.3) is 0 Å². The molecule has 0 radical (unpaired) electrons. The Morgan fingerprint density at radius 1 is 1.16 bits per heavy atom. The van der Waals surface area contributed by atoms with Crippen molar-refractivity contribution >= 4 is 16.8 Å². The Morgan fingerprint density at radius 3 is 2.79 bits per heavy atom. The molecule has 94 valence electrons. The third kappa shape index (κ3) is 2.33. The van der Waals surface area contributed by atoms with E-state index in [1.807, 2.05) is 24.3 Å². The van der Waals surface area contributed by atoms with Crippen LogP contribution in [0.4, 0.5) is 0 Å². The van der Waals surface area contributed by atoms with Gasteiger partial charge in [-0.15, -0.1) is 0 Å². The average molecular weight is 252 g/mol. The van der Waals surface area contributed by atoms with Crippen LogP contribution in [0.3, 0.4) is 0 Å². The fourth-order valence-electron chi connectivity index (χ4n) is 2.02. The highest BCUT2D eigenvalue weighted by atomic mass is 16.3. The highest BCUT2D eigenvalue weighted by molar-refractivity contribution is 5.97. The Morgan fingerprint density at radius 2 is 2.00 bits per heavy atom. The van der Waals surface area contributed by atoms with Crippen molar-refractivity contribution in [3.8, 4) is 5.75 Å². The molecular formula is C15H12N2O2. The summed E-state index contributed by atoms with van der Waals surface area (Å²) >= 11 is 0. The molecule has 4 nitrogen and oxygen atoms in total. The number of benzene rings is 2. The molecule has 2 aromatic carbocycles. The molecule has 3 rings (SSSR count). The van der Waals surface area contributed by atoms with E-state index in [1.54, 1.807) is 24.3 Å². The summed E-state index contributed by atoms with van der Waals surface area (Å²) in [7, 11) is 0. The number of phenolic OH excluding ortho intramolecular Hbond substituents is 1. The van der Waals surface area contributed by atoms with Crippen LogP contribution in [0.1, 0.15) is 16.2 Å². The molecule has 0 spiro atoms. The number of Topliss-reactive ketones (excluding diaryl/α,β-unsaturated/α-hetero) is 1. The molecule has 0 amide bonds. The van der Waals surface area contributed by atoms with Crippen LogP contribution >= 0.6 is 0 Å². The molecule has 1 heterocycles. The number of imidazole rings is 1. The number of carbonyl (C=O) groups excluding carboxylic acids is 1. The quantitative estimate of drug-likeness (QED) is 0.704. The van der Waals surface area contributed by atoms with Crippen LogP contribution in [0.5, 0.6) is 5.75 Å². The summed E-state index contributed by atoms with van der Waals surface area (Å²) < 4.78 is 0. The molecular weight excluding hydrogens is 240 g/mol. The second-order valence-corrected chi connectivity index (χ2v) is 4.37. The lowest BCUT2D eigenvalue weighted by Gasteiger charge is -1.99. The largest absolute Gasteiger partial charge is 0.508 e. The molecule has 0 atom stereocenters. The number of ketones is 1. The number of para-hydroxylation sites is 2. The first-order valence-corrected chi connectivity index (χ1v) is 5.98. The Labute approximate surface area is 109 Å². The van der Waals surface area contributed by atoms with Gasteiger partial charge in [-0.2, -0.15) is 0 Å². The minimum atomic E-state index is -0.0956. The first-order chi connectivity index (χ1) is 9.22. The molecule has 4 heteroatoms. The number of nitrogens with one attached hydrogen (secondary N) is 1. The number of aromatic amines is 1. The number of nitrogens with zero attached hydrogens (tertiary/aromatic N) is 1. The molecule has 1 aromatic heterocycles. The number of rotatable bonds is 3. The maximum absolute atomic E-state index is 12.1. The molecule has 0 aliphatic carbocycles. The third-order valence-electron chi connectivity index (χ3n) is 2.93. The summed E-state index contributed by atoms with van der Waals surface area (Å²) in [6, 6.07) is 14.2. The summed E-state index contributed by atoms with van der Waals surface area (Å²) in [5.41, 5.74) is 2.40. The molecule has 0 unspecified atom stereocenters. The Hall–Kier alpha value is -2.62. The van der Waals surface area contributed by atoms with Gasteiger partial charge < -0.3 is 10.1 Å². The number of aromatic hydroxyl groups is 1. The molecule has 0 saturated carbocycles. The van der Waals surface area contributed by atoms with Gasteiger partial charge in [0.05, 0.1) is 11.0 Å². The number of fused-ring (bicyclic) bond motifs is 1. The van der Waals surface area contributed by atoms with E-state index in [1.165, 1.54) is 0 Å². The molecule has 0 aliphatic rings. The maximum Gasteiger partial charge on any atom is 0.202 e. The van der Waals surface area contributed by atoms with Crippen LogP contribution in [-0.4, -0.2) is 20.9 Å². The van der Waals surface area contributed by atoms with E-state index in [9.17, 15) is 9.90 Å². The van der Waals surface area contributed by atoms with E-state index in [4.69, 9.17) is 0 Å². The standard InChI is InChI=1S/C15H12N2O2/c18-11-5-3-4-10(8-11)9-14(19)15-16-12-6-1-2-7-13(12)17-15/h1-8,18H,9H2,(H,16,17). The van der Waals surface area contributed by atoms with Crippen molar-refractivity contribution in [1.29, 1.82) is 0 Å². The normalized spacial score (nSPS) is 10.7. The van der Waals surface area contributed by atoms with Crippen LogP contribution in [0.25, 0.3) is 11.0 Å². The van der Waals surface area contributed by atoms with E-state index in [0.29, 0.717) is 5.82 Å². The monoisotopic (exact) mass is 252 g/mol. The molecule has 0 bridgehead atoms. The van der Waals surface area contributed by atoms with Crippen molar-refractivity contribution in [2.75, 3.05) is 0 Å². The van der Waals surface area contributed by atoms with Crippen LogP contribution in [0.15, 0.2) is 48.5 Å². The van der Waals surface area contributed by atoms with Crippen molar-refractivity contribution in [2.45, 2.75) is 6.42 Å². The molecule has 3 aromatic rings. The molecule has 2 N–H and O–H groups in total. The van der Waals surface area contributed by atoms with Crippen LogP contribution in [0, 0.1) is 0 Å². The average Bonchev–Trinajstić information content (AvgIpc) is 2.82. The van der Waals surface area contributed by atoms with Crippen molar-refractivity contribution in [3.63, 3.8) is 0 Å². The summed E-state index contributed by atoms with van der Waals surface area (Å²) in [5, 5.41) is 9.38. The first kappa shape index (κ1) is 11.5. The second-order valence-electron chi connectivity index (χ2n) is 4.37. The highest BCUT2D eigenvalue weighted by Gasteiger charge is 2.12. The maximum atomic E-state index is 12.1. The lowest BCUT2D eigenvalue weighted by Crippen LogP contribution is -2.05. The van der Waals surface area contributed by atoms with Crippen molar-refractivity contribution in [3.05, 3.63) is 59.9 Å². The van der Waals surface area contributed by atoms with E-state index in [2.05, 4.69) is 9.97 Å². The zero-order valence-electron chi connectivity index (χ0n) is 10.1. The second kappa shape index (κ2) is 4.57. The van der Waals surface area contributed by atoms with E-state index < -0.39 is 0 Å². The zero-order chi connectivity index (χ0) is 13.2. The SMILES string of the molecule is O=C(Cc1cccc(O)c1)c1nc2ccccc2[nH]1. The van der Waals surface area contributed by atoms with E-state index >= 15 is 0 Å². The smallest absolute Gasteiger partial charge is 0.202 e. The van der Waals surface area contributed by atoms with Gasteiger partial charge >= 0.3 is 0 Å². The topological polar surface area (TPSA) is 66.0 Å². The predicted octanol–water partition coefficient (Wildman–Crippen LogP) is 2.69. The Kier molecular flexibility index (Phi) is 2.76. The van der Waals surface area contributed by atoms with E-state index in [0.717, 1.165) is 16.6 Å². The van der Waals surface area contributed by atoms with Gasteiger partial charge in [-0.3, -0.25) is 4.79 Å². The van der Waals surface area contributed by atoms with Gasteiger partial charge in [0.15, 0.2) is 5.82 Å². The summed E-state index contributed by atoms with van der Waals surface area (Å²) in [6.07, 6.45) is 0.216. The van der Waals surface area contributed by atoms with Crippen LogP contribution < -0.4 is 0 Å². The van der Waals surface area contributed by atoms with Crippen molar-refractivity contribution < 1.29 is 9.90 Å². The molecule has 19 heavy (non-hydrogen) atoms. The Balaban J connectivity index is 1.87. The number of hydrogen-bond donors (Lipinski definition) is 2. The fourth-order valence-corrected chi connectivity index (χ4v) is 2.02. The first-order valence-electron chi connectivity index (χ1n) is 5.98. The summed E-state index contributed by atoms with van der Waals surface area (Å²) in [6.45, 7) is 0. The number of hydrogen-bond acceptors (Lipinski definition) is 3. The number of phenols is 1. The number of aromatic nitrogens is 2.